The fourth-order valence-electron chi connectivity index (χ4n) is 2.21. The molecule has 0 radical (unpaired) electrons. The minimum Gasteiger partial charge on any atom is -0.491 e. The van der Waals surface area contributed by atoms with Crippen LogP contribution in [0, 0.1) is 5.92 Å². The van der Waals surface area contributed by atoms with Crippen molar-refractivity contribution in [1.82, 2.24) is 4.98 Å². The Morgan fingerprint density at radius 2 is 2.33 bits per heavy atom. The van der Waals surface area contributed by atoms with E-state index in [0.717, 1.165) is 42.0 Å². The second-order valence-corrected chi connectivity index (χ2v) is 4.59. The summed E-state index contributed by atoms with van der Waals surface area (Å²) in [6.45, 7) is 2.31. The number of nitrogen functional groups attached to an aromatic ring is 1. The normalized spacial score (nSPS) is 19.2. The predicted molar refractivity (Wildman–Crippen MR) is 70.6 cm³/mol. The van der Waals surface area contributed by atoms with Gasteiger partial charge < -0.3 is 15.2 Å². The first-order valence-corrected chi connectivity index (χ1v) is 6.18. The van der Waals surface area contributed by atoms with Crippen molar-refractivity contribution in [3.05, 3.63) is 30.5 Å². The molecule has 1 aromatic heterocycles. The predicted octanol–water partition coefficient (Wildman–Crippen LogP) is 2.23. The van der Waals surface area contributed by atoms with Gasteiger partial charge in [0.2, 0.25) is 0 Å². The van der Waals surface area contributed by atoms with Crippen molar-refractivity contribution in [2.24, 2.45) is 5.92 Å². The third kappa shape index (κ3) is 2.11. The van der Waals surface area contributed by atoms with Crippen LogP contribution in [0.1, 0.15) is 6.42 Å². The zero-order chi connectivity index (χ0) is 12.4. The van der Waals surface area contributed by atoms with Crippen molar-refractivity contribution in [3.8, 4) is 5.75 Å². The Morgan fingerprint density at radius 3 is 3.17 bits per heavy atom. The van der Waals surface area contributed by atoms with E-state index in [1.54, 1.807) is 6.20 Å². The van der Waals surface area contributed by atoms with Crippen LogP contribution in [-0.4, -0.2) is 24.8 Å². The van der Waals surface area contributed by atoms with Gasteiger partial charge in [0.15, 0.2) is 0 Å². The van der Waals surface area contributed by atoms with E-state index >= 15 is 0 Å². The minimum absolute atomic E-state index is 0.487. The molecule has 0 bridgehead atoms. The van der Waals surface area contributed by atoms with Gasteiger partial charge in [-0.05, 0) is 30.7 Å². The molecule has 1 aliphatic rings. The van der Waals surface area contributed by atoms with Crippen LogP contribution in [0.5, 0.6) is 5.75 Å². The molecular weight excluding hydrogens is 228 g/mol. The fraction of sp³-hybridized carbons (Fsp3) is 0.357. The van der Waals surface area contributed by atoms with Crippen LogP contribution < -0.4 is 10.5 Å². The van der Waals surface area contributed by atoms with Crippen LogP contribution in [0.3, 0.4) is 0 Å². The van der Waals surface area contributed by atoms with Gasteiger partial charge in [-0.1, -0.05) is 0 Å². The van der Waals surface area contributed by atoms with E-state index < -0.39 is 0 Å². The van der Waals surface area contributed by atoms with Gasteiger partial charge in [-0.2, -0.15) is 0 Å². The summed E-state index contributed by atoms with van der Waals surface area (Å²) in [5.74, 6) is 1.29. The Bertz CT molecular complexity index is 550. The SMILES string of the molecule is Nc1ccc(OCC2CCOC2)c2ncccc12. The summed E-state index contributed by atoms with van der Waals surface area (Å²) in [5, 5.41) is 0.942. The summed E-state index contributed by atoms with van der Waals surface area (Å²) < 4.78 is 11.2. The number of nitrogens with two attached hydrogens (primary N) is 1. The number of anilines is 1. The first-order valence-electron chi connectivity index (χ1n) is 6.18. The maximum absolute atomic E-state index is 5.93. The van der Waals surface area contributed by atoms with Gasteiger partial charge in [0.05, 0.1) is 13.2 Å². The molecule has 0 spiro atoms. The van der Waals surface area contributed by atoms with Gasteiger partial charge in [-0.25, -0.2) is 0 Å². The highest BCUT2D eigenvalue weighted by Crippen LogP contribution is 2.28. The molecule has 1 saturated heterocycles. The molecule has 1 aliphatic heterocycles. The number of rotatable bonds is 3. The van der Waals surface area contributed by atoms with E-state index in [4.69, 9.17) is 15.2 Å². The molecule has 18 heavy (non-hydrogen) atoms. The molecule has 0 aliphatic carbocycles. The highest BCUT2D eigenvalue weighted by molar-refractivity contribution is 5.94. The Hall–Kier alpha value is -1.81. The number of hydrogen-bond acceptors (Lipinski definition) is 4. The van der Waals surface area contributed by atoms with Gasteiger partial charge in [-0.3, -0.25) is 4.98 Å². The zero-order valence-corrected chi connectivity index (χ0v) is 10.1. The molecule has 2 heterocycles. The van der Waals surface area contributed by atoms with E-state index in [1.165, 1.54) is 0 Å². The number of ether oxygens (including phenoxy) is 2. The van der Waals surface area contributed by atoms with E-state index in [0.29, 0.717) is 12.5 Å². The number of aromatic nitrogens is 1. The van der Waals surface area contributed by atoms with Crippen LogP contribution >= 0.6 is 0 Å². The van der Waals surface area contributed by atoms with Gasteiger partial charge >= 0.3 is 0 Å². The first-order chi connectivity index (χ1) is 8.84. The smallest absolute Gasteiger partial charge is 0.145 e. The van der Waals surface area contributed by atoms with Crippen LogP contribution in [-0.2, 0) is 4.74 Å². The number of nitrogens with zero attached hydrogens (tertiary/aromatic N) is 1. The average Bonchev–Trinajstić information content (AvgIpc) is 2.92. The number of fused-ring (bicyclic) bond motifs is 1. The first kappa shape index (κ1) is 11.3. The van der Waals surface area contributed by atoms with Gasteiger partial charge in [0.25, 0.3) is 0 Å². The van der Waals surface area contributed by atoms with Gasteiger partial charge in [0, 0.05) is 29.8 Å². The van der Waals surface area contributed by atoms with Gasteiger partial charge in [-0.15, -0.1) is 0 Å². The molecule has 1 fully saturated rings. The van der Waals surface area contributed by atoms with Crippen molar-refractivity contribution < 1.29 is 9.47 Å². The van der Waals surface area contributed by atoms with Crippen molar-refractivity contribution in [3.63, 3.8) is 0 Å². The van der Waals surface area contributed by atoms with E-state index in [-0.39, 0.29) is 0 Å². The van der Waals surface area contributed by atoms with Crippen molar-refractivity contribution in [2.45, 2.75) is 6.42 Å². The Balaban J connectivity index is 1.85. The molecular formula is C14H16N2O2. The minimum atomic E-state index is 0.487. The lowest BCUT2D eigenvalue weighted by Crippen LogP contribution is -2.12. The summed E-state index contributed by atoms with van der Waals surface area (Å²) in [5.41, 5.74) is 7.49. The van der Waals surface area contributed by atoms with Crippen LogP contribution in [0.2, 0.25) is 0 Å². The number of hydrogen-bond donors (Lipinski definition) is 1. The molecule has 94 valence electrons. The lowest BCUT2D eigenvalue weighted by molar-refractivity contribution is 0.167. The van der Waals surface area contributed by atoms with E-state index in [2.05, 4.69) is 4.98 Å². The molecule has 2 N–H and O–H groups in total. The molecule has 0 amide bonds. The number of benzene rings is 1. The maximum atomic E-state index is 5.93. The average molecular weight is 244 g/mol. The Morgan fingerprint density at radius 1 is 1.39 bits per heavy atom. The van der Waals surface area contributed by atoms with Crippen LogP contribution in [0.15, 0.2) is 30.5 Å². The molecule has 4 nitrogen and oxygen atoms in total. The van der Waals surface area contributed by atoms with E-state index in [9.17, 15) is 0 Å². The zero-order valence-electron chi connectivity index (χ0n) is 10.1. The highest BCUT2D eigenvalue weighted by atomic mass is 16.5. The summed E-state index contributed by atoms with van der Waals surface area (Å²) in [6, 6.07) is 7.60. The monoisotopic (exact) mass is 244 g/mol. The summed E-state index contributed by atoms with van der Waals surface area (Å²) in [7, 11) is 0. The quantitative estimate of drug-likeness (QED) is 0.841. The molecule has 1 atom stereocenters. The topological polar surface area (TPSA) is 57.4 Å². The molecule has 1 aromatic carbocycles. The molecule has 2 aromatic rings. The third-order valence-corrected chi connectivity index (χ3v) is 3.26. The van der Waals surface area contributed by atoms with Crippen molar-refractivity contribution in [1.29, 1.82) is 0 Å². The van der Waals surface area contributed by atoms with Crippen LogP contribution in [0.4, 0.5) is 5.69 Å². The molecule has 3 rings (SSSR count). The lowest BCUT2D eigenvalue weighted by atomic mass is 10.1. The Kier molecular flexibility index (Phi) is 3.02. The maximum Gasteiger partial charge on any atom is 0.145 e. The molecule has 0 saturated carbocycles. The summed E-state index contributed by atoms with van der Waals surface area (Å²) in [4.78, 5) is 4.35. The van der Waals surface area contributed by atoms with E-state index in [1.807, 2.05) is 24.3 Å². The molecule has 1 unspecified atom stereocenters. The summed E-state index contributed by atoms with van der Waals surface area (Å²) >= 11 is 0. The third-order valence-electron chi connectivity index (χ3n) is 3.26. The number of pyridine rings is 1. The Labute approximate surface area is 106 Å². The van der Waals surface area contributed by atoms with Crippen LogP contribution in [0.25, 0.3) is 10.9 Å². The van der Waals surface area contributed by atoms with Gasteiger partial charge in [0.1, 0.15) is 11.3 Å². The second-order valence-electron chi connectivity index (χ2n) is 4.59. The standard InChI is InChI=1S/C14H16N2O2/c15-12-3-4-13(14-11(12)2-1-6-16-14)18-9-10-5-7-17-8-10/h1-4,6,10H,5,7-9,15H2. The molecule has 4 heteroatoms. The lowest BCUT2D eigenvalue weighted by Gasteiger charge is -2.12. The second kappa shape index (κ2) is 4.82. The summed E-state index contributed by atoms with van der Waals surface area (Å²) in [6.07, 6.45) is 2.83. The highest BCUT2D eigenvalue weighted by Gasteiger charge is 2.17. The largest absolute Gasteiger partial charge is 0.491 e. The van der Waals surface area contributed by atoms with Crippen molar-refractivity contribution >= 4 is 16.6 Å². The fourth-order valence-corrected chi connectivity index (χ4v) is 2.21. The van der Waals surface area contributed by atoms with Crippen molar-refractivity contribution in [2.75, 3.05) is 25.6 Å².